The fourth-order valence-electron chi connectivity index (χ4n) is 5.66. The van der Waals surface area contributed by atoms with E-state index in [2.05, 4.69) is 9.97 Å². The van der Waals surface area contributed by atoms with Crippen LogP contribution in [-0.2, 0) is 5.41 Å². The van der Waals surface area contributed by atoms with Crippen LogP contribution in [0.2, 0.25) is 0 Å². The number of thioether (sulfide) groups is 1. The maximum Gasteiger partial charge on any atom is 0.272 e. The van der Waals surface area contributed by atoms with Crippen molar-refractivity contribution in [2.45, 2.75) is 55.3 Å². The molecule has 3 saturated carbocycles. The zero-order valence-corrected chi connectivity index (χ0v) is 16.7. The molecule has 2 aromatic heterocycles. The van der Waals surface area contributed by atoms with Gasteiger partial charge in [0.1, 0.15) is 11.9 Å². The Labute approximate surface area is 169 Å². The van der Waals surface area contributed by atoms with Crippen molar-refractivity contribution in [2.24, 2.45) is 10.8 Å². The molecule has 6 rings (SSSR count). The van der Waals surface area contributed by atoms with Gasteiger partial charge in [0.15, 0.2) is 0 Å². The molecule has 1 aliphatic heterocycles. The number of hydrogen-bond donors (Lipinski definition) is 0. The van der Waals surface area contributed by atoms with E-state index in [1.165, 1.54) is 28.7 Å². The summed E-state index contributed by atoms with van der Waals surface area (Å²) < 4.78 is 29.8. The Morgan fingerprint density at radius 3 is 2.48 bits per heavy atom. The molecule has 3 heterocycles. The zero-order valence-electron chi connectivity index (χ0n) is 15.9. The number of halogens is 2. The molecule has 0 saturated heterocycles. The molecule has 6 nitrogen and oxygen atoms in total. The average molecular weight is 413 g/mol. The normalized spacial score (nSPS) is 34.1. The van der Waals surface area contributed by atoms with Crippen molar-refractivity contribution in [1.29, 1.82) is 5.26 Å². The molecule has 2 atom stereocenters. The third-order valence-corrected chi connectivity index (χ3v) is 8.89. The number of aromatic nitrogens is 4. The molecule has 9 heteroatoms. The fraction of sp³-hybridized carbons (Fsp3) is 0.550. The van der Waals surface area contributed by atoms with E-state index in [0.29, 0.717) is 35.7 Å². The van der Waals surface area contributed by atoms with E-state index in [1.54, 1.807) is 0 Å². The van der Waals surface area contributed by atoms with Crippen molar-refractivity contribution in [3.63, 3.8) is 0 Å². The first-order valence-electron chi connectivity index (χ1n) is 9.58. The van der Waals surface area contributed by atoms with Crippen LogP contribution in [0.3, 0.4) is 0 Å². The van der Waals surface area contributed by atoms with Crippen LogP contribution in [0.4, 0.5) is 8.78 Å². The highest BCUT2D eigenvalue weighted by Crippen LogP contribution is 3.01. The summed E-state index contributed by atoms with van der Waals surface area (Å²) in [5, 5.41) is 8.95. The quantitative estimate of drug-likeness (QED) is 0.752. The topological polar surface area (TPSA) is 84.5 Å². The van der Waals surface area contributed by atoms with Crippen molar-refractivity contribution in [3.8, 4) is 11.8 Å². The molecule has 29 heavy (non-hydrogen) atoms. The molecule has 2 unspecified atom stereocenters. The minimum absolute atomic E-state index is 0.00810. The van der Waals surface area contributed by atoms with Crippen molar-refractivity contribution >= 4 is 11.8 Å². The van der Waals surface area contributed by atoms with E-state index in [-0.39, 0.29) is 22.7 Å². The van der Waals surface area contributed by atoms with Crippen LogP contribution >= 0.6 is 11.8 Å². The van der Waals surface area contributed by atoms with E-state index in [1.807, 2.05) is 19.9 Å². The first kappa shape index (κ1) is 17.5. The van der Waals surface area contributed by atoms with Crippen LogP contribution in [0.1, 0.15) is 56.4 Å². The molecular formula is C20H17F2N5OS. The monoisotopic (exact) mass is 413 g/mol. The lowest BCUT2D eigenvalue weighted by Gasteiger charge is -2.27. The standard InChI is InChI=1S/C20H17F2N5OS/c1-17(2)9-29-13-14(17)26-15(10-3-18-8-19(18,4-10)20(18,21)22)27(16(13)28)11-6-24-12(5-23)25-7-11/h6-7,10H,3-4,8-9H2,1-2H3. The Bertz CT molecular complexity index is 1180. The summed E-state index contributed by atoms with van der Waals surface area (Å²) in [4.78, 5) is 26.9. The smallest absolute Gasteiger partial charge is 0.268 e. The number of hydrogen-bond acceptors (Lipinski definition) is 6. The van der Waals surface area contributed by atoms with Gasteiger partial charge in [-0.05, 0) is 19.3 Å². The summed E-state index contributed by atoms with van der Waals surface area (Å²) in [6, 6.07) is 1.86. The molecule has 0 bridgehead atoms. The molecule has 0 N–H and O–H groups in total. The number of nitriles is 1. The lowest BCUT2D eigenvalue weighted by Crippen LogP contribution is -2.32. The van der Waals surface area contributed by atoms with Gasteiger partial charge in [-0.2, -0.15) is 5.26 Å². The van der Waals surface area contributed by atoms with Crippen LogP contribution in [0.25, 0.3) is 5.69 Å². The van der Waals surface area contributed by atoms with E-state index >= 15 is 0 Å². The Balaban J connectivity index is 1.52. The molecule has 3 fully saturated rings. The zero-order chi connectivity index (χ0) is 20.4. The largest absolute Gasteiger partial charge is 0.272 e. The van der Waals surface area contributed by atoms with Crippen LogP contribution in [0.5, 0.6) is 0 Å². The molecule has 2 aromatic rings. The molecule has 148 valence electrons. The number of nitrogens with zero attached hydrogens (tertiary/aromatic N) is 5. The Morgan fingerprint density at radius 2 is 1.90 bits per heavy atom. The molecule has 3 aliphatic carbocycles. The Hall–Kier alpha value is -2.34. The minimum Gasteiger partial charge on any atom is -0.268 e. The molecular weight excluding hydrogens is 396 g/mol. The number of alkyl halides is 2. The van der Waals surface area contributed by atoms with Crippen molar-refractivity contribution in [3.05, 3.63) is 40.1 Å². The minimum atomic E-state index is -2.56. The second kappa shape index (κ2) is 4.86. The maximum absolute atomic E-state index is 14.1. The summed E-state index contributed by atoms with van der Waals surface area (Å²) in [5.41, 5.74) is -1.04. The van der Waals surface area contributed by atoms with Gasteiger partial charge >= 0.3 is 0 Å². The van der Waals surface area contributed by atoms with Gasteiger partial charge in [0.25, 0.3) is 11.5 Å². The number of fused-ring (bicyclic) bond motifs is 1. The van der Waals surface area contributed by atoms with Crippen LogP contribution in [-0.4, -0.2) is 31.2 Å². The second-order valence-electron chi connectivity index (χ2n) is 9.36. The summed E-state index contributed by atoms with van der Waals surface area (Å²) in [6.07, 6.45) is 4.15. The highest BCUT2D eigenvalue weighted by Gasteiger charge is 3.05. The van der Waals surface area contributed by atoms with Crippen molar-refractivity contribution < 1.29 is 8.78 Å². The third-order valence-electron chi connectivity index (χ3n) is 7.37. The highest BCUT2D eigenvalue weighted by atomic mass is 32.2. The fourth-order valence-corrected chi connectivity index (χ4v) is 6.98. The van der Waals surface area contributed by atoms with Gasteiger partial charge in [-0.25, -0.2) is 23.7 Å². The van der Waals surface area contributed by atoms with E-state index < -0.39 is 16.8 Å². The SMILES string of the molecule is CC1(C)CSc2c1nc(C1CC34CC3(C1)C4(F)F)n(-c1cnc(C#N)nc1)c2=O. The molecule has 0 radical (unpaired) electrons. The van der Waals surface area contributed by atoms with Gasteiger partial charge in [-0.15, -0.1) is 11.8 Å². The first-order valence-corrected chi connectivity index (χ1v) is 10.6. The molecule has 0 aromatic carbocycles. The Kier molecular flexibility index (Phi) is 2.94. The molecule has 0 amide bonds. The van der Waals surface area contributed by atoms with Gasteiger partial charge in [0.05, 0.1) is 28.7 Å². The lowest BCUT2D eigenvalue weighted by molar-refractivity contribution is -0.0185. The lowest BCUT2D eigenvalue weighted by atomic mass is 9.86. The van der Waals surface area contributed by atoms with Gasteiger partial charge in [0.2, 0.25) is 5.82 Å². The van der Waals surface area contributed by atoms with Crippen molar-refractivity contribution in [2.75, 3.05) is 5.75 Å². The van der Waals surface area contributed by atoms with Gasteiger partial charge in [0, 0.05) is 27.9 Å². The predicted molar refractivity (Wildman–Crippen MR) is 100 cm³/mol. The van der Waals surface area contributed by atoms with Crippen LogP contribution in [0.15, 0.2) is 22.1 Å². The molecule has 0 spiro atoms. The highest BCUT2D eigenvalue weighted by molar-refractivity contribution is 7.99. The van der Waals surface area contributed by atoms with Gasteiger partial charge < -0.3 is 0 Å². The summed E-state index contributed by atoms with van der Waals surface area (Å²) in [7, 11) is 0. The number of rotatable bonds is 2. The summed E-state index contributed by atoms with van der Waals surface area (Å²) >= 11 is 1.48. The van der Waals surface area contributed by atoms with Crippen LogP contribution < -0.4 is 5.56 Å². The molecule has 4 aliphatic rings. The van der Waals surface area contributed by atoms with E-state index in [4.69, 9.17) is 10.2 Å². The summed E-state index contributed by atoms with van der Waals surface area (Å²) in [5.74, 6) is -1.48. The van der Waals surface area contributed by atoms with Crippen LogP contribution in [0, 0.1) is 22.2 Å². The Morgan fingerprint density at radius 1 is 1.24 bits per heavy atom. The summed E-state index contributed by atoms with van der Waals surface area (Å²) in [6.45, 7) is 4.10. The maximum atomic E-state index is 14.1. The first-order chi connectivity index (χ1) is 13.7. The van der Waals surface area contributed by atoms with E-state index in [9.17, 15) is 13.6 Å². The average Bonchev–Trinajstić information content (AvgIpc) is 3.26. The van der Waals surface area contributed by atoms with Crippen molar-refractivity contribution in [1.82, 2.24) is 19.5 Å². The van der Waals surface area contributed by atoms with Gasteiger partial charge in [-0.3, -0.25) is 9.36 Å². The predicted octanol–water partition coefficient (Wildman–Crippen LogP) is 3.18. The third kappa shape index (κ3) is 1.83. The second-order valence-corrected chi connectivity index (χ2v) is 10.3. The van der Waals surface area contributed by atoms with E-state index in [0.717, 1.165) is 11.4 Å². The van der Waals surface area contributed by atoms with Gasteiger partial charge in [-0.1, -0.05) is 13.8 Å².